The van der Waals surface area contributed by atoms with E-state index in [1.165, 1.54) is 0 Å². The van der Waals surface area contributed by atoms with E-state index in [1.807, 2.05) is 56.3 Å². The first-order chi connectivity index (χ1) is 9.61. The second-order valence-corrected chi connectivity index (χ2v) is 5.07. The number of amides is 2. The Bertz CT molecular complexity index is 593. The number of anilines is 1. The molecule has 2 rings (SSSR count). The lowest BCUT2D eigenvalue weighted by Gasteiger charge is -2.19. The van der Waals surface area contributed by atoms with Gasteiger partial charge >= 0.3 is 6.03 Å². The van der Waals surface area contributed by atoms with Crippen LogP contribution in [0.3, 0.4) is 0 Å². The third kappa shape index (κ3) is 3.27. The second-order valence-electron chi connectivity index (χ2n) is 5.07. The Hall–Kier alpha value is -2.07. The lowest BCUT2D eigenvalue weighted by molar-refractivity contribution is 0.204. The predicted octanol–water partition coefficient (Wildman–Crippen LogP) is 2.98. The van der Waals surface area contributed by atoms with Crippen molar-refractivity contribution in [2.24, 2.45) is 5.92 Å². The van der Waals surface area contributed by atoms with Crippen molar-refractivity contribution in [2.75, 3.05) is 11.9 Å². The Kier molecular flexibility index (Phi) is 4.58. The van der Waals surface area contributed by atoms with Gasteiger partial charge < -0.3 is 15.7 Å². The molecule has 2 amide bonds. The van der Waals surface area contributed by atoms with Crippen LogP contribution in [0.2, 0.25) is 0 Å². The van der Waals surface area contributed by atoms with Crippen LogP contribution in [0.15, 0.2) is 42.5 Å². The molecule has 2 aromatic rings. The molecule has 4 heteroatoms. The molecule has 0 aliphatic heterocycles. The van der Waals surface area contributed by atoms with Gasteiger partial charge in [-0.1, -0.05) is 43.3 Å². The third-order valence-corrected chi connectivity index (χ3v) is 3.54. The molecule has 3 N–H and O–H groups in total. The first kappa shape index (κ1) is 14.3. The van der Waals surface area contributed by atoms with E-state index in [0.29, 0.717) is 0 Å². The zero-order valence-electron chi connectivity index (χ0n) is 11.8. The Balaban J connectivity index is 2.10. The quantitative estimate of drug-likeness (QED) is 0.801. The van der Waals surface area contributed by atoms with E-state index in [0.717, 1.165) is 16.5 Å². The van der Waals surface area contributed by atoms with Gasteiger partial charge in [0.1, 0.15) is 0 Å². The number of fused-ring (bicyclic) bond motifs is 1. The Morgan fingerprint density at radius 2 is 1.85 bits per heavy atom. The van der Waals surface area contributed by atoms with Crippen molar-refractivity contribution in [3.8, 4) is 0 Å². The highest BCUT2D eigenvalue weighted by atomic mass is 16.3. The van der Waals surface area contributed by atoms with Gasteiger partial charge in [0.2, 0.25) is 0 Å². The number of hydrogen-bond donors (Lipinski definition) is 3. The number of hydrogen-bond acceptors (Lipinski definition) is 2. The molecule has 0 aromatic heterocycles. The maximum atomic E-state index is 12.0. The lowest BCUT2D eigenvalue weighted by atomic mass is 10.1. The van der Waals surface area contributed by atoms with Crippen LogP contribution >= 0.6 is 0 Å². The monoisotopic (exact) mass is 272 g/mol. The average molecular weight is 272 g/mol. The fraction of sp³-hybridized carbons (Fsp3) is 0.312. The molecular weight excluding hydrogens is 252 g/mol. The summed E-state index contributed by atoms with van der Waals surface area (Å²) in [7, 11) is 0. The van der Waals surface area contributed by atoms with E-state index in [2.05, 4.69) is 10.6 Å². The fourth-order valence-corrected chi connectivity index (χ4v) is 2.00. The molecule has 0 radical (unpaired) electrons. The summed E-state index contributed by atoms with van der Waals surface area (Å²) in [6.07, 6.45) is 0. The van der Waals surface area contributed by atoms with E-state index < -0.39 is 0 Å². The van der Waals surface area contributed by atoms with Crippen LogP contribution in [0.1, 0.15) is 13.8 Å². The van der Waals surface area contributed by atoms with Crippen LogP contribution in [-0.2, 0) is 0 Å². The summed E-state index contributed by atoms with van der Waals surface area (Å²) in [5.41, 5.74) is 0.782. The molecule has 2 unspecified atom stereocenters. The van der Waals surface area contributed by atoms with Crippen molar-refractivity contribution >= 4 is 22.5 Å². The van der Waals surface area contributed by atoms with Gasteiger partial charge in [-0.25, -0.2) is 4.79 Å². The number of benzene rings is 2. The normalized spacial score (nSPS) is 13.8. The van der Waals surface area contributed by atoms with Crippen molar-refractivity contribution in [2.45, 2.75) is 19.9 Å². The summed E-state index contributed by atoms with van der Waals surface area (Å²) in [6.45, 7) is 3.82. The molecule has 4 nitrogen and oxygen atoms in total. The maximum absolute atomic E-state index is 12.0. The molecule has 0 spiro atoms. The molecule has 0 aliphatic rings. The van der Waals surface area contributed by atoms with E-state index in [-0.39, 0.29) is 24.6 Å². The molecule has 0 bridgehead atoms. The zero-order chi connectivity index (χ0) is 14.5. The maximum Gasteiger partial charge on any atom is 0.319 e. The highest BCUT2D eigenvalue weighted by Gasteiger charge is 2.14. The Morgan fingerprint density at radius 3 is 2.60 bits per heavy atom. The molecule has 0 aliphatic carbocycles. The van der Waals surface area contributed by atoms with Crippen LogP contribution in [0, 0.1) is 5.92 Å². The minimum Gasteiger partial charge on any atom is -0.396 e. The van der Waals surface area contributed by atoms with Gasteiger partial charge in [-0.05, 0) is 24.3 Å². The summed E-state index contributed by atoms with van der Waals surface area (Å²) in [4.78, 5) is 12.0. The molecule has 0 heterocycles. The van der Waals surface area contributed by atoms with Crippen molar-refractivity contribution in [3.05, 3.63) is 42.5 Å². The molecule has 0 fully saturated rings. The van der Waals surface area contributed by atoms with Crippen LogP contribution in [-0.4, -0.2) is 23.8 Å². The van der Waals surface area contributed by atoms with Gasteiger partial charge in [0.05, 0.1) is 5.69 Å². The highest BCUT2D eigenvalue weighted by Crippen LogP contribution is 2.22. The first-order valence-corrected chi connectivity index (χ1v) is 6.78. The van der Waals surface area contributed by atoms with E-state index >= 15 is 0 Å². The molecule has 0 saturated carbocycles. The molecule has 0 saturated heterocycles. The third-order valence-electron chi connectivity index (χ3n) is 3.54. The lowest BCUT2D eigenvalue weighted by Crippen LogP contribution is -2.40. The second kappa shape index (κ2) is 6.39. The number of carbonyl (C=O) groups excluding carboxylic acids is 1. The van der Waals surface area contributed by atoms with Crippen LogP contribution in [0.5, 0.6) is 0 Å². The highest BCUT2D eigenvalue weighted by molar-refractivity contribution is 6.01. The summed E-state index contributed by atoms with van der Waals surface area (Å²) in [5, 5.41) is 16.9. The molecule has 20 heavy (non-hydrogen) atoms. The van der Waals surface area contributed by atoms with Crippen LogP contribution < -0.4 is 10.6 Å². The fourth-order valence-electron chi connectivity index (χ4n) is 2.00. The number of aliphatic hydroxyl groups excluding tert-OH is 1. The van der Waals surface area contributed by atoms with E-state index in [1.54, 1.807) is 0 Å². The number of rotatable bonds is 4. The van der Waals surface area contributed by atoms with Gasteiger partial charge in [-0.15, -0.1) is 0 Å². The van der Waals surface area contributed by atoms with Gasteiger partial charge in [-0.3, -0.25) is 0 Å². The van der Waals surface area contributed by atoms with Crippen LogP contribution in [0.25, 0.3) is 10.8 Å². The van der Waals surface area contributed by atoms with Gasteiger partial charge in [0.15, 0.2) is 0 Å². The van der Waals surface area contributed by atoms with Crippen molar-refractivity contribution in [3.63, 3.8) is 0 Å². The molecule has 2 atom stereocenters. The number of urea groups is 1. The number of nitrogens with one attached hydrogen (secondary N) is 2. The topological polar surface area (TPSA) is 61.4 Å². The van der Waals surface area contributed by atoms with Crippen molar-refractivity contribution in [1.82, 2.24) is 5.32 Å². The molecular formula is C16H20N2O2. The predicted molar refractivity (Wildman–Crippen MR) is 81.8 cm³/mol. The van der Waals surface area contributed by atoms with E-state index in [9.17, 15) is 4.79 Å². The van der Waals surface area contributed by atoms with Crippen molar-refractivity contribution < 1.29 is 9.90 Å². The summed E-state index contributed by atoms with van der Waals surface area (Å²) in [6, 6.07) is 13.4. The summed E-state index contributed by atoms with van der Waals surface area (Å²) in [5.74, 6) is 0.0215. The first-order valence-electron chi connectivity index (χ1n) is 6.78. The zero-order valence-corrected chi connectivity index (χ0v) is 11.8. The van der Waals surface area contributed by atoms with Gasteiger partial charge in [0, 0.05) is 18.0 Å². The molecule has 106 valence electrons. The number of carbonyl (C=O) groups is 1. The average Bonchev–Trinajstić information content (AvgIpc) is 2.46. The SMILES string of the molecule is CC(CO)C(C)NC(=O)Nc1cccc2ccccc12. The Labute approximate surface area is 118 Å². The minimum absolute atomic E-state index is 0.0215. The van der Waals surface area contributed by atoms with Crippen molar-refractivity contribution in [1.29, 1.82) is 0 Å². The number of aliphatic hydroxyl groups is 1. The van der Waals surface area contributed by atoms with Gasteiger partial charge in [-0.2, -0.15) is 0 Å². The van der Waals surface area contributed by atoms with Crippen LogP contribution in [0.4, 0.5) is 10.5 Å². The summed E-state index contributed by atoms with van der Waals surface area (Å²) >= 11 is 0. The molecule has 2 aromatic carbocycles. The Morgan fingerprint density at radius 1 is 1.15 bits per heavy atom. The largest absolute Gasteiger partial charge is 0.396 e. The van der Waals surface area contributed by atoms with E-state index in [4.69, 9.17) is 5.11 Å². The van der Waals surface area contributed by atoms with Gasteiger partial charge in [0.25, 0.3) is 0 Å². The minimum atomic E-state index is -0.255. The smallest absolute Gasteiger partial charge is 0.319 e. The summed E-state index contributed by atoms with van der Waals surface area (Å²) < 4.78 is 0. The standard InChI is InChI=1S/C16H20N2O2/c1-11(10-19)12(2)17-16(20)18-15-9-5-7-13-6-3-4-8-14(13)15/h3-9,11-12,19H,10H2,1-2H3,(H2,17,18,20).